The molecule has 0 atom stereocenters. The Labute approximate surface area is 161 Å². The molecule has 0 saturated carbocycles. The summed E-state index contributed by atoms with van der Waals surface area (Å²) in [6.45, 7) is -0.134. The Bertz CT molecular complexity index is 1010. The summed E-state index contributed by atoms with van der Waals surface area (Å²) in [6, 6.07) is 19.5. The van der Waals surface area contributed by atoms with Crippen LogP contribution < -0.4 is 21.7 Å². The highest BCUT2D eigenvalue weighted by Crippen LogP contribution is 2.18. The zero-order valence-corrected chi connectivity index (χ0v) is 15.1. The van der Waals surface area contributed by atoms with Gasteiger partial charge in [0.25, 0.3) is 0 Å². The van der Waals surface area contributed by atoms with Crippen LogP contribution in [0.25, 0.3) is 10.8 Å². The summed E-state index contributed by atoms with van der Waals surface area (Å²) < 4.78 is 0. The second-order valence-corrected chi connectivity index (χ2v) is 6.21. The van der Waals surface area contributed by atoms with E-state index in [1.165, 1.54) is 0 Å². The fourth-order valence-electron chi connectivity index (χ4n) is 2.85. The van der Waals surface area contributed by atoms with E-state index in [-0.39, 0.29) is 24.8 Å². The van der Waals surface area contributed by atoms with Crippen molar-refractivity contribution in [3.05, 3.63) is 72.3 Å². The summed E-state index contributed by atoms with van der Waals surface area (Å²) in [5.41, 5.74) is 7.01. The molecule has 5 N–H and O–H groups in total. The lowest BCUT2D eigenvalue weighted by Crippen LogP contribution is -2.33. The number of fused-ring (bicyclic) bond motifs is 1. The van der Waals surface area contributed by atoms with Gasteiger partial charge in [-0.3, -0.25) is 9.59 Å². The minimum Gasteiger partial charge on any atom is -0.351 e. The third kappa shape index (κ3) is 5.07. The average molecular weight is 376 g/mol. The molecule has 7 nitrogen and oxygen atoms in total. The van der Waals surface area contributed by atoms with Crippen molar-refractivity contribution in [1.29, 1.82) is 0 Å². The van der Waals surface area contributed by atoms with Gasteiger partial charge >= 0.3 is 6.03 Å². The van der Waals surface area contributed by atoms with Crippen molar-refractivity contribution >= 4 is 40.0 Å². The van der Waals surface area contributed by atoms with Crippen molar-refractivity contribution in [2.75, 3.05) is 17.2 Å². The SMILES string of the molecule is NC(=O)Nc1ccc(NC(=O)CNC(=O)Cc2cccc3ccccc23)cc1. The van der Waals surface area contributed by atoms with Crippen molar-refractivity contribution in [2.24, 2.45) is 5.73 Å². The van der Waals surface area contributed by atoms with E-state index in [1.807, 2.05) is 42.5 Å². The second kappa shape index (κ2) is 8.68. The molecule has 28 heavy (non-hydrogen) atoms. The monoisotopic (exact) mass is 376 g/mol. The van der Waals surface area contributed by atoms with Crippen molar-refractivity contribution in [3.63, 3.8) is 0 Å². The fraction of sp³-hybridized carbons (Fsp3) is 0.0952. The highest BCUT2D eigenvalue weighted by Gasteiger charge is 2.09. The van der Waals surface area contributed by atoms with Crippen LogP contribution in [0.15, 0.2) is 66.7 Å². The lowest BCUT2D eigenvalue weighted by molar-refractivity contribution is -0.123. The first-order valence-corrected chi connectivity index (χ1v) is 8.71. The maximum atomic E-state index is 12.2. The summed E-state index contributed by atoms with van der Waals surface area (Å²) >= 11 is 0. The number of hydrogen-bond donors (Lipinski definition) is 4. The van der Waals surface area contributed by atoms with E-state index in [4.69, 9.17) is 5.73 Å². The number of carbonyl (C=O) groups excluding carboxylic acids is 3. The zero-order chi connectivity index (χ0) is 19.9. The molecule has 0 bridgehead atoms. The molecule has 0 fully saturated rings. The molecule has 0 spiro atoms. The van der Waals surface area contributed by atoms with Crippen LogP contribution in [0.4, 0.5) is 16.2 Å². The van der Waals surface area contributed by atoms with Crippen LogP contribution in [0, 0.1) is 0 Å². The zero-order valence-electron chi connectivity index (χ0n) is 15.1. The third-order valence-electron chi connectivity index (χ3n) is 4.11. The molecule has 0 aliphatic carbocycles. The number of amides is 4. The first-order valence-electron chi connectivity index (χ1n) is 8.71. The van der Waals surface area contributed by atoms with Gasteiger partial charge in [-0.25, -0.2) is 4.79 Å². The first kappa shape index (κ1) is 18.9. The van der Waals surface area contributed by atoms with Crippen molar-refractivity contribution < 1.29 is 14.4 Å². The quantitative estimate of drug-likeness (QED) is 0.530. The third-order valence-corrected chi connectivity index (χ3v) is 4.11. The lowest BCUT2D eigenvalue weighted by atomic mass is 10.0. The number of carbonyl (C=O) groups is 3. The molecular weight excluding hydrogens is 356 g/mol. The van der Waals surface area contributed by atoms with Crippen LogP contribution in [-0.4, -0.2) is 24.4 Å². The topological polar surface area (TPSA) is 113 Å². The Morgan fingerprint density at radius 3 is 2.11 bits per heavy atom. The number of nitrogens with one attached hydrogen (secondary N) is 3. The number of anilines is 2. The van der Waals surface area contributed by atoms with Crippen molar-refractivity contribution in [3.8, 4) is 0 Å². The minimum atomic E-state index is -0.661. The van der Waals surface area contributed by atoms with Gasteiger partial charge in [0.2, 0.25) is 11.8 Å². The van der Waals surface area contributed by atoms with Crippen molar-refractivity contribution in [2.45, 2.75) is 6.42 Å². The Morgan fingerprint density at radius 2 is 1.39 bits per heavy atom. The molecule has 0 saturated heterocycles. The predicted octanol–water partition coefficient (Wildman–Crippen LogP) is 2.63. The van der Waals surface area contributed by atoms with Gasteiger partial charge in [0, 0.05) is 11.4 Å². The standard InChI is InChI=1S/C21H20N4O3/c22-21(28)25-17-10-8-16(9-11-17)24-20(27)13-23-19(26)12-15-6-3-5-14-4-1-2-7-18(14)15/h1-11H,12-13H2,(H,23,26)(H,24,27)(H3,22,25,28). The molecule has 0 aromatic heterocycles. The van der Waals surface area contributed by atoms with Crippen LogP contribution in [0.3, 0.4) is 0 Å². The summed E-state index contributed by atoms with van der Waals surface area (Å²) in [6.07, 6.45) is 0.197. The van der Waals surface area contributed by atoms with Gasteiger partial charge in [-0.1, -0.05) is 42.5 Å². The molecule has 142 valence electrons. The Morgan fingerprint density at radius 1 is 0.750 bits per heavy atom. The van der Waals surface area contributed by atoms with E-state index in [0.717, 1.165) is 16.3 Å². The van der Waals surface area contributed by atoms with Crippen LogP contribution in [0.5, 0.6) is 0 Å². The molecule has 0 unspecified atom stereocenters. The Balaban J connectivity index is 1.51. The normalized spacial score (nSPS) is 10.3. The molecule has 7 heteroatoms. The molecule has 4 amide bonds. The predicted molar refractivity (Wildman–Crippen MR) is 109 cm³/mol. The van der Waals surface area contributed by atoms with Gasteiger partial charge in [-0.2, -0.15) is 0 Å². The number of primary amides is 1. The van der Waals surface area contributed by atoms with Crippen LogP contribution in [-0.2, 0) is 16.0 Å². The summed E-state index contributed by atoms with van der Waals surface area (Å²) in [5, 5.41) is 9.82. The summed E-state index contributed by atoms with van der Waals surface area (Å²) in [5.74, 6) is -0.575. The van der Waals surface area contributed by atoms with Gasteiger partial charge < -0.3 is 21.7 Å². The first-order chi connectivity index (χ1) is 13.5. The second-order valence-electron chi connectivity index (χ2n) is 6.21. The fourth-order valence-corrected chi connectivity index (χ4v) is 2.85. The smallest absolute Gasteiger partial charge is 0.316 e. The molecular formula is C21H20N4O3. The summed E-state index contributed by atoms with van der Waals surface area (Å²) in [4.78, 5) is 35.0. The highest BCUT2D eigenvalue weighted by molar-refractivity contribution is 5.96. The molecule has 3 rings (SSSR count). The molecule has 0 radical (unpaired) electrons. The van der Waals surface area contributed by atoms with Crippen molar-refractivity contribution in [1.82, 2.24) is 5.32 Å². The number of benzene rings is 3. The summed E-state index contributed by atoms with van der Waals surface area (Å²) in [7, 11) is 0. The molecule has 0 heterocycles. The number of urea groups is 1. The molecule has 3 aromatic rings. The van der Waals surface area contributed by atoms with Gasteiger partial charge in [0.05, 0.1) is 13.0 Å². The van der Waals surface area contributed by atoms with E-state index in [1.54, 1.807) is 24.3 Å². The molecule has 3 aromatic carbocycles. The number of rotatable bonds is 6. The average Bonchev–Trinajstić information content (AvgIpc) is 2.68. The van der Waals surface area contributed by atoms with Crippen LogP contribution in [0.1, 0.15) is 5.56 Å². The highest BCUT2D eigenvalue weighted by atomic mass is 16.2. The minimum absolute atomic E-state index is 0.134. The van der Waals surface area contributed by atoms with E-state index < -0.39 is 6.03 Å². The Kier molecular flexibility index (Phi) is 5.86. The van der Waals surface area contributed by atoms with Crippen LogP contribution in [0.2, 0.25) is 0 Å². The van der Waals surface area contributed by atoms with E-state index in [0.29, 0.717) is 11.4 Å². The van der Waals surface area contributed by atoms with Gasteiger partial charge in [-0.05, 0) is 40.6 Å². The number of hydrogen-bond acceptors (Lipinski definition) is 3. The van der Waals surface area contributed by atoms with E-state index in [2.05, 4.69) is 16.0 Å². The Hall–Kier alpha value is -3.87. The maximum absolute atomic E-state index is 12.2. The maximum Gasteiger partial charge on any atom is 0.316 e. The largest absolute Gasteiger partial charge is 0.351 e. The molecule has 0 aliphatic rings. The van der Waals surface area contributed by atoms with Gasteiger partial charge in [-0.15, -0.1) is 0 Å². The van der Waals surface area contributed by atoms with Gasteiger partial charge in [0.15, 0.2) is 0 Å². The van der Waals surface area contributed by atoms with E-state index in [9.17, 15) is 14.4 Å². The van der Waals surface area contributed by atoms with Gasteiger partial charge in [0.1, 0.15) is 0 Å². The molecule has 0 aliphatic heterocycles. The number of nitrogens with two attached hydrogens (primary N) is 1. The van der Waals surface area contributed by atoms with E-state index >= 15 is 0 Å². The van der Waals surface area contributed by atoms with Crippen LogP contribution >= 0.6 is 0 Å². The lowest BCUT2D eigenvalue weighted by Gasteiger charge is -2.09.